The molecule has 4 heterocycles. The molecule has 2 N–H and O–H groups in total. The number of rotatable bonds is 15. The van der Waals surface area contributed by atoms with Gasteiger partial charge in [-0.25, -0.2) is 18.4 Å². The first-order valence-electron chi connectivity index (χ1n) is 28.8. The van der Waals surface area contributed by atoms with Gasteiger partial charge in [-0.05, 0) is 176 Å². The van der Waals surface area contributed by atoms with Crippen molar-refractivity contribution < 1.29 is 65.3 Å². The molecule has 2 saturated heterocycles. The van der Waals surface area contributed by atoms with Crippen molar-refractivity contribution in [3.05, 3.63) is 114 Å². The number of cyclic esters (lactones) is 2. The van der Waals surface area contributed by atoms with Gasteiger partial charge in [0.1, 0.15) is 30.1 Å². The molecule has 2 aromatic carbocycles. The highest BCUT2D eigenvalue weighted by atomic mass is 31.2. The molecule has 81 heavy (non-hydrogen) atoms. The van der Waals surface area contributed by atoms with Crippen LogP contribution in [0.3, 0.4) is 0 Å². The van der Waals surface area contributed by atoms with Gasteiger partial charge in [0.15, 0.2) is 0 Å². The number of halogens is 2. The van der Waals surface area contributed by atoms with Crippen LogP contribution in [0.25, 0.3) is 28.3 Å². The molecule has 4 saturated carbocycles. The van der Waals surface area contributed by atoms with E-state index in [1.165, 1.54) is 24.3 Å². The molecule has 2 amide bonds. The van der Waals surface area contributed by atoms with Crippen LogP contribution in [0.15, 0.2) is 91.3 Å². The smallest absolute Gasteiger partial charge is 0.407 e. The first kappa shape index (κ1) is 60.7. The summed E-state index contributed by atoms with van der Waals surface area (Å²) in [6.45, 7) is 12.4. The SMILES string of the molecule is CCOC(=O)N[C@H]1CC[C@H]2[C@H](C1)C[C@@H]1C(=O)O[C@@H](C)[C@@H]1[C@@H]2/C=C/c1ccc(-c2cccc(F)c2)cn1.CCOC(=O)N[C@H]1CC[C@H]2[C@H](C1)C[C@@H]1C(=O)O[C@@H](C)[C@@H]1[C@@H]2C=O.CCOP(=O)(Cc1ccc(-c2cccc(F)c2)cn1)OCC. The number of aldehydes is 1. The number of alkyl carbamates (subject to hydrolysis) is 2. The summed E-state index contributed by atoms with van der Waals surface area (Å²) >= 11 is 0. The monoisotopic (exact) mass is 1140 g/mol. The fraction of sp³-hybridized carbons (Fsp3) is 0.532. The number of pyridine rings is 2. The lowest BCUT2D eigenvalue weighted by molar-refractivity contribution is -0.145. The van der Waals surface area contributed by atoms with Crippen molar-refractivity contribution in [1.82, 2.24) is 20.6 Å². The normalized spacial score (nSPS) is 29.1. The van der Waals surface area contributed by atoms with Crippen LogP contribution < -0.4 is 10.6 Å². The highest BCUT2D eigenvalue weighted by Crippen LogP contribution is 2.55. The van der Waals surface area contributed by atoms with Crippen molar-refractivity contribution in [1.29, 1.82) is 0 Å². The number of allylic oxidation sites excluding steroid dienone is 1. The number of esters is 2. The Morgan fingerprint density at radius 1 is 0.642 bits per heavy atom. The fourth-order valence-electron chi connectivity index (χ4n) is 13.7. The van der Waals surface area contributed by atoms with Crippen molar-refractivity contribution in [2.24, 2.45) is 59.2 Å². The van der Waals surface area contributed by atoms with Gasteiger partial charge >= 0.3 is 31.7 Å². The molecule has 4 aromatic rings. The topological polar surface area (TPSA) is 208 Å². The van der Waals surface area contributed by atoms with Gasteiger partial charge in [0, 0.05) is 53.4 Å². The summed E-state index contributed by atoms with van der Waals surface area (Å²) in [6.07, 6.45) is 14.6. The van der Waals surface area contributed by atoms with Crippen molar-refractivity contribution in [3.63, 3.8) is 0 Å². The molecule has 0 unspecified atom stereocenters. The summed E-state index contributed by atoms with van der Waals surface area (Å²) in [5.41, 5.74) is 4.64. The third kappa shape index (κ3) is 15.2. The summed E-state index contributed by atoms with van der Waals surface area (Å²) in [5, 5.41) is 5.90. The van der Waals surface area contributed by atoms with Gasteiger partial charge in [0.05, 0.1) is 55.8 Å². The second-order valence-electron chi connectivity index (χ2n) is 22.0. The number of carbonyl (C=O) groups is 5. The van der Waals surface area contributed by atoms with Gasteiger partial charge in [-0.2, -0.15) is 0 Å². The lowest BCUT2D eigenvalue weighted by Gasteiger charge is -2.47. The van der Waals surface area contributed by atoms with E-state index in [2.05, 4.69) is 26.7 Å². The number of hydrogen-bond acceptors (Lipinski definition) is 14. The molecule has 0 bridgehead atoms. The minimum atomic E-state index is -3.16. The molecule has 2 aliphatic heterocycles. The van der Waals surface area contributed by atoms with E-state index in [0.29, 0.717) is 49.9 Å². The Morgan fingerprint density at radius 3 is 1.58 bits per heavy atom. The van der Waals surface area contributed by atoms with Crippen LogP contribution in [0.2, 0.25) is 0 Å². The minimum Gasteiger partial charge on any atom is -0.462 e. The van der Waals surface area contributed by atoms with E-state index >= 15 is 0 Å². The van der Waals surface area contributed by atoms with E-state index in [1.807, 2.05) is 50.3 Å². The van der Waals surface area contributed by atoms with Crippen molar-refractivity contribution >= 4 is 44.1 Å². The van der Waals surface area contributed by atoms with E-state index in [1.54, 1.807) is 58.3 Å². The van der Waals surface area contributed by atoms with Crippen LogP contribution in [0.4, 0.5) is 18.4 Å². The molecule has 4 aliphatic carbocycles. The molecule has 10 rings (SSSR count). The standard InChI is InChI=1S/C29H33FN2O4.C17H25NO5.C16H19FNO3P/c1-3-35-29(34)32-23-10-11-24-20(14-23)15-26-27(17(2)36-28(26)33)25(24)12-9-22-8-7-19(16-31-22)18-5-4-6-21(30)13-18;1-3-22-17(21)18-11-4-5-12-10(6-11)7-13-15(14(12)8-19)9(2)23-16(13)20;1-3-20-22(19,21-4-2)12-16-9-8-14(11-18-16)13-6-5-7-15(17)10-13/h4-9,12-13,16-17,20,23-27H,3,10-11,14-15H2,1-2H3,(H,32,34);8-15H,3-7H2,1-2H3,(H,18,21);5-11H,3-4,12H2,1-2H3/b12-9+;;/t17-,20+,23-,24-,25+,26-,27+;9-,10+,11-,12-,13-,14+,15-;/m00./s1. The first-order valence-corrected chi connectivity index (χ1v) is 30.5. The third-order valence-corrected chi connectivity index (χ3v) is 19.1. The highest BCUT2D eigenvalue weighted by Gasteiger charge is 2.56. The van der Waals surface area contributed by atoms with Crippen LogP contribution in [0.1, 0.15) is 104 Å². The Hall–Kier alpha value is -6.36. The molecule has 0 spiro atoms. The second kappa shape index (κ2) is 28.1. The molecule has 0 radical (unpaired) electrons. The van der Waals surface area contributed by atoms with Gasteiger partial charge in [-0.3, -0.25) is 24.1 Å². The van der Waals surface area contributed by atoms with Gasteiger partial charge in [0.25, 0.3) is 0 Å². The van der Waals surface area contributed by atoms with Crippen molar-refractivity contribution in [2.45, 2.75) is 123 Å². The predicted molar refractivity (Wildman–Crippen MR) is 300 cm³/mol. The minimum absolute atomic E-state index is 0.0239. The lowest BCUT2D eigenvalue weighted by atomic mass is 9.57. The lowest BCUT2D eigenvalue weighted by Crippen LogP contribution is -2.49. The highest BCUT2D eigenvalue weighted by molar-refractivity contribution is 7.53. The number of amides is 2. The Labute approximate surface area is 473 Å². The van der Waals surface area contributed by atoms with Crippen LogP contribution >= 0.6 is 7.60 Å². The van der Waals surface area contributed by atoms with Crippen LogP contribution in [-0.2, 0) is 53.1 Å². The Balaban J connectivity index is 0.000000167. The van der Waals surface area contributed by atoms with Gasteiger partial charge in [-0.1, -0.05) is 42.5 Å². The Kier molecular flexibility index (Phi) is 21.1. The summed E-state index contributed by atoms with van der Waals surface area (Å²) < 4.78 is 70.8. The predicted octanol–water partition coefficient (Wildman–Crippen LogP) is 12.2. The molecular weight excluding hydrogens is 1060 g/mol. The van der Waals surface area contributed by atoms with E-state index in [4.69, 9.17) is 28.0 Å². The number of ether oxygens (including phenoxy) is 4. The van der Waals surface area contributed by atoms with Gasteiger partial charge < -0.3 is 43.4 Å². The van der Waals surface area contributed by atoms with Gasteiger partial charge in [-0.15, -0.1) is 0 Å². The molecule has 19 heteroatoms. The zero-order chi connectivity index (χ0) is 57.8. The number of carbonyl (C=O) groups excluding carboxylic acids is 5. The Bertz CT molecular complexity index is 2870. The second-order valence-corrected chi connectivity index (χ2v) is 24.1. The third-order valence-electron chi connectivity index (χ3n) is 17.1. The van der Waals surface area contributed by atoms with E-state index < -0.39 is 7.60 Å². The number of hydrogen-bond donors (Lipinski definition) is 2. The maximum Gasteiger partial charge on any atom is 0.407 e. The zero-order valence-corrected chi connectivity index (χ0v) is 48.0. The molecule has 436 valence electrons. The van der Waals surface area contributed by atoms with Gasteiger partial charge in [0.2, 0.25) is 0 Å². The molecule has 6 aliphatic rings. The molecule has 14 atom stereocenters. The fourth-order valence-corrected chi connectivity index (χ4v) is 15.4. The van der Waals surface area contributed by atoms with E-state index in [-0.39, 0.29) is 108 Å². The average molecular weight is 1140 g/mol. The molecule has 2 aromatic heterocycles. The summed E-state index contributed by atoms with van der Waals surface area (Å²) in [7, 11) is -3.16. The number of benzene rings is 2. The zero-order valence-electron chi connectivity index (χ0n) is 47.1. The first-order chi connectivity index (χ1) is 39.0. The van der Waals surface area contributed by atoms with E-state index in [9.17, 15) is 37.3 Å². The van der Waals surface area contributed by atoms with Crippen molar-refractivity contribution in [3.8, 4) is 22.3 Å². The number of nitrogens with zero attached hydrogens (tertiary/aromatic N) is 2. The van der Waals surface area contributed by atoms with Crippen LogP contribution in [0.5, 0.6) is 0 Å². The molecule has 6 fully saturated rings. The summed E-state index contributed by atoms with van der Waals surface area (Å²) in [6, 6.07) is 20.4. The average Bonchev–Trinajstić information content (AvgIpc) is 4.16. The van der Waals surface area contributed by atoms with E-state index in [0.717, 1.165) is 85.6 Å². The maximum atomic E-state index is 13.6. The molecule has 16 nitrogen and oxygen atoms in total. The summed E-state index contributed by atoms with van der Waals surface area (Å²) in [5.74, 6) is 0.509. The van der Waals surface area contributed by atoms with Crippen molar-refractivity contribution in [2.75, 3.05) is 26.4 Å². The largest absolute Gasteiger partial charge is 0.462 e. The summed E-state index contributed by atoms with van der Waals surface area (Å²) in [4.78, 5) is 68.9. The maximum absolute atomic E-state index is 13.6. The Morgan fingerprint density at radius 2 is 1.14 bits per heavy atom. The van der Waals surface area contributed by atoms with Crippen LogP contribution in [-0.4, -0.2) is 91.1 Å². The quantitative estimate of drug-likeness (QED) is 0.0491. The molecular formula is C62H77F2N4O12P. The number of aromatic nitrogens is 2. The number of nitrogens with one attached hydrogen (secondary N) is 2. The number of fused-ring (bicyclic) bond motifs is 4. The van der Waals surface area contributed by atoms with Crippen LogP contribution in [0, 0.1) is 70.8 Å².